The van der Waals surface area contributed by atoms with Gasteiger partial charge in [-0.05, 0) is 31.4 Å². The number of hydrogen-bond donors (Lipinski definition) is 1. The molecule has 0 amide bonds. The Morgan fingerprint density at radius 3 is 2.88 bits per heavy atom. The van der Waals surface area contributed by atoms with E-state index in [1.807, 2.05) is 29.9 Å². The van der Waals surface area contributed by atoms with E-state index in [9.17, 15) is 0 Å². The summed E-state index contributed by atoms with van der Waals surface area (Å²) in [4.78, 5) is 8.66. The Labute approximate surface area is 149 Å². The maximum Gasteiger partial charge on any atom is 0.293 e. The zero-order chi connectivity index (χ0) is 15.9. The molecule has 0 bridgehead atoms. The molecule has 128 valence electrons. The van der Waals surface area contributed by atoms with Crippen LogP contribution in [0, 0.1) is 0 Å². The molecule has 3 heterocycles. The van der Waals surface area contributed by atoms with Crippen molar-refractivity contribution < 1.29 is 8.94 Å². The molecule has 1 aliphatic rings. The SMILES string of the molecule is Cl.Cn1ccnc1SCc1ccc(-c2nc(C3(N)CCC3)no2)o1. The predicted molar refractivity (Wildman–Crippen MR) is 91.7 cm³/mol. The lowest BCUT2D eigenvalue weighted by atomic mass is 9.77. The third kappa shape index (κ3) is 3.09. The maximum absolute atomic E-state index is 6.21. The number of thioether (sulfide) groups is 1. The summed E-state index contributed by atoms with van der Waals surface area (Å²) in [6.45, 7) is 0. The Hall–Kier alpha value is -1.77. The van der Waals surface area contributed by atoms with Crippen LogP contribution in [0.1, 0.15) is 30.8 Å². The smallest absolute Gasteiger partial charge is 0.293 e. The van der Waals surface area contributed by atoms with Gasteiger partial charge < -0.3 is 19.2 Å². The van der Waals surface area contributed by atoms with E-state index in [1.54, 1.807) is 18.0 Å². The van der Waals surface area contributed by atoms with E-state index < -0.39 is 5.54 Å². The first-order chi connectivity index (χ1) is 11.1. The van der Waals surface area contributed by atoms with Gasteiger partial charge in [0, 0.05) is 19.4 Å². The highest BCUT2D eigenvalue weighted by atomic mass is 35.5. The lowest BCUT2D eigenvalue weighted by Crippen LogP contribution is -2.44. The van der Waals surface area contributed by atoms with Crippen LogP contribution in [0.2, 0.25) is 0 Å². The Kier molecular flexibility index (Phi) is 4.71. The van der Waals surface area contributed by atoms with Crippen LogP contribution in [0.5, 0.6) is 0 Å². The fraction of sp³-hybridized carbons (Fsp3) is 0.400. The predicted octanol–water partition coefficient (Wildman–Crippen LogP) is 3.12. The van der Waals surface area contributed by atoms with E-state index >= 15 is 0 Å². The number of aryl methyl sites for hydroxylation is 1. The Bertz CT molecular complexity index is 823. The quantitative estimate of drug-likeness (QED) is 0.692. The van der Waals surface area contributed by atoms with E-state index in [4.69, 9.17) is 14.7 Å². The summed E-state index contributed by atoms with van der Waals surface area (Å²) >= 11 is 1.61. The largest absolute Gasteiger partial charge is 0.455 e. The van der Waals surface area contributed by atoms with Crippen LogP contribution in [-0.4, -0.2) is 19.7 Å². The van der Waals surface area contributed by atoms with E-state index in [2.05, 4.69) is 15.1 Å². The number of furan rings is 1. The average Bonchev–Trinajstić information content (AvgIpc) is 3.23. The summed E-state index contributed by atoms with van der Waals surface area (Å²) < 4.78 is 13.1. The molecule has 9 heteroatoms. The zero-order valence-corrected chi connectivity index (χ0v) is 14.8. The van der Waals surface area contributed by atoms with Crippen molar-refractivity contribution >= 4 is 24.2 Å². The van der Waals surface area contributed by atoms with Crippen molar-refractivity contribution in [1.29, 1.82) is 0 Å². The Morgan fingerprint density at radius 1 is 1.38 bits per heavy atom. The second-order valence-electron chi connectivity index (χ2n) is 5.81. The minimum absolute atomic E-state index is 0. The first-order valence-electron chi connectivity index (χ1n) is 7.46. The van der Waals surface area contributed by atoms with Crippen LogP contribution >= 0.6 is 24.2 Å². The number of imidazole rings is 1. The Morgan fingerprint density at radius 2 is 2.21 bits per heavy atom. The fourth-order valence-electron chi connectivity index (χ4n) is 2.50. The number of nitrogens with zero attached hydrogens (tertiary/aromatic N) is 4. The molecule has 0 aromatic carbocycles. The third-order valence-electron chi connectivity index (χ3n) is 4.11. The Balaban J connectivity index is 0.00000169. The van der Waals surface area contributed by atoms with Crippen molar-refractivity contribution in [3.63, 3.8) is 0 Å². The van der Waals surface area contributed by atoms with E-state index in [0.717, 1.165) is 30.2 Å². The molecule has 2 N–H and O–H groups in total. The van der Waals surface area contributed by atoms with Crippen LogP contribution in [0.15, 0.2) is 38.6 Å². The molecule has 0 unspecified atom stereocenters. The molecule has 24 heavy (non-hydrogen) atoms. The highest BCUT2D eigenvalue weighted by Gasteiger charge is 2.39. The summed E-state index contributed by atoms with van der Waals surface area (Å²) in [5.74, 6) is 3.04. The van der Waals surface area contributed by atoms with Gasteiger partial charge in [-0.3, -0.25) is 0 Å². The molecule has 0 spiro atoms. The summed E-state index contributed by atoms with van der Waals surface area (Å²) in [6, 6.07) is 3.76. The van der Waals surface area contributed by atoms with Gasteiger partial charge in [0.2, 0.25) is 0 Å². The van der Waals surface area contributed by atoms with Crippen LogP contribution in [0.3, 0.4) is 0 Å². The van der Waals surface area contributed by atoms with Gasteiger partial charge >= 0.3 is 0 Å². The molecule has 0 atom stereocenters. The van der Waals surface area contributed by atoms with E-state index in [0.29, 0.717) is 23.2 Å². The van der Waals surface area contributed by atoms with Gasteiger partial charge in [0.05, 0.1) is 11.3 Å². The summed E-state index contributed by atoms with van der Waals surface area (Å²) in [5, 5.41) is 4.95. The van der Waals surface area contributed by atoms with Crippen LogP contribution in [0.4, 0.5) is 0 Å². The molecular weight excluding hydrogens is 350 g/mol. The monoisotopic (exact) mass is 367 g/mol. The topological polar surface area (TPSA) is 95.9 Å². The van der Waals surface area contributed by atoms with Crippen molar-refractivity contribution in [2.45, 2.75) is 35.7 Å². The van der Waals surface area contributed by atoms with Crippen molar-refractivity contribution in [2.75, 3.05) is 0 Å². The lowest BCUT2D eigenvalue weighted by molar-refractivity contribution is 0.229. The van der Waals surface area contributed by atoms with Gasteiger partial charge in [-0.15, -0.1) is 12.4 Å². The van der Waals surface area contributed by atoms with Crippen LogP contribution < -0.4 is 5.73 Å². The maximum atomic E-state index is 6.21. The molecule has 1 aliphatic carbocycles. The van der Waals surface area contributed by atoms with Crippen LogP contribution in [0.25, 0.3) is 11.7 Å². The molecule has 3 aromatic rings. The summed E-state index contributed by atoms with van der Waals surface area (Å²) in [5.41, 5.74) is 5.78. The molecule has 1 saturated carbocycles. The molecular formula is C15H18ClN5O2S. The molecule has 3 aromatic heterocycles. The summed E-state index contributed by atoms with van der Waals surface area (Å²) in [6.07, 6.45) is 6.60. The number of aromatic nitrogens is 4. The molecule has 4 rings (SSSR count). The molecule has 0 saturated heterocycles. The van der Waals surface area contributed by atoms with Gasteiger partial charge in [-0.25, -0.2) is 4.98 Å². The normalized spacial score (nSPS) is 15.8. The third-order valence-corrected chi connectivity index (χ3v) is 5.19. The zero-order valence-electron chi connectivity index (χ0n) is 13.1. The van der Waals surface area contributed by atoms with Crippen molar-refractivity contribution in [3.8, 4) is 11.7 Å². The second kappa shape index (κ2) is 6.62. The number of halogens is 1. The minimum atomic E-state index is -0.425. The van der Waals surface area contributed by atoms with E-state index in [1.165, 1.54) is 0 Å². The van der Waals surface area contributed by atoms with Gasteiger partial charge in [-0.1, -0.05) is 16.9 Å². The lowest BCUT2D eigenvalue weighted by Gasteiger charge is -2.34. The van der Waals surface area contributed by atoms with Crippen molar-refractivity contribution in [2.24, 2.45) is 12.8 Å². The van der Waals surface area contributed by atoms with Gasteiger partial charge in [0.25, 0.3) is 5.89 Å². The van der Waals surface area contributed by atoms with Gasteiger partial charge in [0.1, 0.15) is 5.76 Å². The van der Waals surface area contributed by atoms with Crippen molar-refractivity contribution in [3.05, 3.63) is 36.1 Å². The molecule has 1 fully saturated rings. The molecule has 0 aliphatic heterocycles. The minimum Gasteiger partial charge on any atom is -0.455 e. The fourth-order valence-corrected chi connectivity index (χ4v) is 3.33. The second-order valence-corrected chi connectivity index (χ2v) is 6.75. The first-order valence-corrected chi connectivity index (χ1v) is 8.45. The highest BCUT2D eigenvalue weighted by Crippen LogP contribution is 2.37. The molecule has 7 nitrogen and oxygen atoms in total. The van der Waals surface area contributed by atoms with E-state index in [-0.39, 0.29) is 12.4 Å². The summed E-state index contributed by atoms with van der Waals surface area (Å²) in [7, 11) is 1.96. The highest BCUT2D eigenvalue weighted by molar-refractivity contribution is 7.98. The average molecular weight is 368 g/mol. The number of rotatable bonds is 5. The molecule has 0 radical (unpaired) electrons. The first kappa shape index (κ1) is 17.1. The van der Waals surface area contributed by atoms with Gasteiger partial charge in [0.15, 0.2) is 16.7 Å². The van der Waals surface area contributed by atoms with Crippen LogP contribution in [-0.2, 0) is 18.3 Å². The number of hydrogen-bond acceptors (Lipinski definition) is 7. The van der Waals surface area contributed by atoms with Gasteiger partial charge in [-0.2, -0.15) is 4.98 Å². The number of nitrogens with two attached hydrogens (primary N) is 1. The standard InChI is InChI=1S/C15H17N5O2S.ClH/c1-20-8-7-17-14(20)23-9-10-3-4-11(21-10)12-18-13(19-22-12)15(16)5-2-6-15;/h3-4,7-8H,2,5-6,9,16H2,1H3;1H. The van der Waals surface area contributed by atoms with Crippen molar-refractivity contribution in [1.82, 2.24) is 19.7 Å².